The Hall–Kier alpha value is -0.940. The summed E-state index contributed by atoms with van der Waals surface area (Å²) in [4.78, 5) is 14.0. The van der Waals surface area contributed by atoms with Crippen molar-refractivity contribution in [3.63, 3.8) is 0 Å². The summed E-state index contributed by atoms with van der Waals surface area (Å²) in [6, 6.07) is 4.85. The molecule has 2 rings (SSSR count). The van der Waals surface area contributed by atoms with E-state index in [1.165, 1.54) is 6.07 Å². The molecule has 1 aromatic carbocycles. The second kappa shape index (κ2) is 6.01. The summed E-state index contributed by atoms with van der Waals surface area (Å²) in [5.41, 5.74) is 0.580. The number of nitrogens with zero attached hydrogens (tertiary/aromatic N) is 1. The second-order valence-electron chi connectivity index (χ2n) is 4.85. The van der Waals surface area contributed by atoms with Gasteiger partial charge in [0.1, 0.15) is 5.82 Å². The molecular formula is C14H17BrFNO2. The molecule has 0 aliphatic carbocycles. The molecule has 1 aliphatic heterocycles. The van der Waals surface area contributed by atoms with Crippen LogP contribution in [0.15, 0.2) is 22.7 Å². The fourth-order valence-electron chi connectivity index (χ4n) is 2.60. The Kier molecular flexibility index (Phi) is 4.58. The number of esters is 1. The maximum Gasteiger partial charge on any atom is 0.310 e. The Morgan fingerprint density at radius 2 is 2.26 bits per heavy atom. The molecule has 1 aromatic rings. The molecular weight excluding hydrogens is 313 g/mol. The monoisotopic (exact) mass is 329 g/mol. The van der Waals surface area contributed by atoms with Gasteiger partial charge in [-0.25, -0.2) is 4.39 Å². The molecule has 1 aliphatic rings. The third-order valence-electron chi connectivity index (χ3n) is 3.45. The zero-order valence-corrected chi connectivity index (χ0v) is 12.6. The van der Waals surface area contributed by atoms with Gasteiger partial charge in [-0.1, -0.05) is 15.9 Å². The fraction of sp³-hybridized carbons (Fsp3) is 0.500. The quantitative estimate of drug-likeness (QED) is 0.798. The van der Waals surface area contributed by atoms with Gasteiger partial charge in [0, 0.05) is 23.5 Å². The Labute approximate surface area is 120 Å². The summed E-state index contributed by atoms with van der Waals surface area (Å²) in [6.45, 7) is 3.41. The van der Waals surface area contributed by atoms with E-state index in [1.54, 1.807) is 19.1 Å². The van der Waals surface area contributed by atoms with Crippen LogP contribution >= 0.6 is 15.9 Å². The van der Waals surface area contributed by atoms with Crippen molar-refractivity contribution in [3.8, 4) is 0 Å². The van der Waals surface area contributed by atoms with Gasteiger partial charge < -0.3 is 9.64 Å². The molecule has 2 unspecified atom stereocenters. The number of ether oxygens (including phenoxy) is 1. The Morgan fingerprint density at radius 1 is 1.53 bits per heavy atom. The molecule has 0 N–H and O–H groups in total. The highest BCUT2D eigenvalue weighted by molar-refractivity contribution is 9.10. The van der Waals surface area contributed by atoms with Gasteiger partial charge >= 0.3 is 5.97 Å². The van der Waals surface area contributed by atoms with Crippen molar-refractivity contribution in [2.75, 3.05) is 26.7 Å². The molecule has 1 saturated heterocycles. The number of likely N-dealkylation sites (tertiary alicyclic amines) is 1. The standard InChI is InChI=1S/C14H17BrFNO2/c1-3-19-14(18)12-8-17(2)7-11(12)10-6-9(15)4-5-13(10)16/h4-6,11-12H,3,7-8H2,1-2H3. The summed E-state index contributed by atoms with van der Waals surface area (Å²) in [6.07, 6.45) is 0. The van der Waals surface area contributed by atoms with E-state index < -0.39 is 0 Å². The van der Waals surface area contributed by atoms with Crippen LogP contribution in [-0.2, 0) is 9.53 Å². The molecule has 1 heterocycles. The number of carbonyl (C=O) groups excluding carboxylic acids is 1. The van der Waals surface area contributed by atoms with E-state index in [1.807, 2.05) is 11.9 Å². The predicted molar refractivity (Wildman–Crippen MR) is 74.5 cm³/mol. The van der Waals surface area contributed by atoms with Crippen LogP contribution in [0, 0.1) is 11.7 Å². The summed E-state index contributed by atoms with van der Waals surface area (Å²) in [5.74, 6) is -0.954. The van der Waals surface area contributed by atoms with E-state index in [4.69, 9.17) is 4.74 Å². The van der Waals surface area contributed by atoms with E-state index in [-0.39, 0.29) is 23.6 Å². The van der Waals surface area contributed by atoms with Crippen LogP contribution in [0.25, 0.3) is 0 Å². The van der Waals surface area contributed by atoms with Crippen LogP contribution in [0.5, 0.6) is 0 Å². The average molecular weight is 330 g/mol. The third kappa shape index (κ3) is 3.15. The Bertz CT molecular complexity index is 481. The van der Waals surface area contributed by atoms with Crippen molar-refractivity contribution in [3.05, 3.63) is 34.1 Å². The number of hydrogen-bond donors (Lipinski definition) is 0. The van der Waals surface area contributed by atoms with Crippen molar-refractivity contribution in [2.24, 2.45) is 5.92 Å². The van der Waals surface area contributed by atoms with Crippen LogP contribution in [0.4, 0.5) is 4.39 Å². The summed E-state index contributed by atoms with van der Waals surface area (Å²) < 4.78 is 19.9. The number of halogens is 2. The zero-order valence-electron chi connectivity index (χ0n) is 11.0. The van der Waals surface area contributed by atoms with Crippen molar-refractivity contribution in [1.82, 2.24) is 4.90 Å². The molecule has 0 amide bonds. The lowest BCUT2D eigenvalue weighted by Gasteiger charge is -2.18. The van der Waals surface area contributed by atoms with Gasteiger partial charge in [0.2, 0.25) is 0 Å². The molecule has 0 bridgehead atoms. The third-order valence-corrected chi connectivity index (χ3v) is 3.94. The second-order valence-corrected chi connectivity index (χ2v) is 5.77. The van der Waals surface area contributed by atoms with Crippen LogP contribution in [0.1, 0.15) is 18.4 Å². The van der Waals surface area contributed by atoms with Gasteiger partial charge in [0.05, 0.1) is 12.5 Å². The van der Waals surface area contributed by atoms with Crippen LogP contribution in [0.3, 0.4) is 0 Å². The molecule has 0 spiro atoms. The lowest BCUT2D eigenvalue weighted by atomic mass is 9.88. The van der Waals surface area contributed by atoms with Gasteiger partial charge in [0.25, 0.3) is 0 Å². The van der Waals surface area contributed by atoms with E-state index in [9.17, 15) is 9.18 Å². The SMILES string of the molecule is CCOC(=O)C1CN(C)CC1c1cc(Br)ccc1F. The van der Waals surface area contributed by atoms with Gasteiger partial charge in [-0.15, -0.1) is 0 Å². The summed E-state index contributed by atoms with van der Waals surface area (Å²) in [5, 5.41) is 0. The average Bonchev–Trinajstić information content (AvgIpc) is 2.75. The molecule has 19 heavy (non-hydrogen) atoms. The Balaban J connectivity index is 2.30. The van der Waals surface area contributed by atoms with E-state index in [0.29, 0.717) is 25.3 Å². The topological polar surface area (TPSA) is 29.5 Å². The normalized spacial score (nSPS) is 23.6. The number of hydrogen-bond acceptors (Lipinski definition) is 3. The van der Waals surface area contributed by atoms with Crippen molar-refractivity contribution in [1.29, 1.82) is 0 Å². The molecule has 5 heteroatoms. The highest BCUT2D eigenvalue weighted by atomic mass is 79.9. The number of rotatable bonds is 3. The van der Waals surface area contributed by atoms with Gasteiger partial charge in [-0.05, 0) is 37.7 Å². The summed E-state index contributed by atoms with van der Waals surface area (Å²) in [7, 11) is 1.93. The maximum atomic E-state index is 14.0. The minimum Gasteiger partial charge on any atom is -0.466 e. The van der Waals surface area contributed by atoms with Crippen molar-refractivity contribution >= 4 is 21.9 Å². The first-order valence-electron chi connectivity index (χ1n) is 6.33. The molecule has 1 fully saturated rings. The largest absolute Gasteiger partial charge is 0.466 e. The smallest absolute Gasteiger partial charge is 0.310 e. The lowest BCUT2D eigenvalue weighted by molar-refractivity contribution is -0.148. The predicted octanol–water partition coefficient (Wildman–Crippen LogP) is 2.80. The van der Waals surface area contributed by atoms with E-state index in [2.05, 4.69) is 15.9 Å². The van der Waals surface area contributed by atoms with Gasteiger partial charge in [-0.3, -0.25) is 4.79 Å². The molecule has 2 atom stereocenters. The molecule has 0 aromatic heterocycles. The minimum absolute atomic E-state index is 0.151. The first kappa shape index (κ1) is 14.5. The first-order chi connectivity index (χ1) is 9.02. The fourth-order valence-corrected chi connectivity index (χ4v) is 2.98. The van der Waals surface area contributed by atoms with Crippen LogP contribution < -0.4 is 0 Å². The molecule has 0 radical (unpaired) electrons. The minimum atomic E-state index is -0.297. The molecule has 3 nitrogen and oxygen atoms in total. The molecule has 104 valence electrons. The van der Waals surface area contributed by atoms with Crippen LogP contribution in [0.2, 0.25) is 0 Å². The zero-order chi connectivity index (χ0) is 14.0. The maximum absolute atomic E-state index is 14.0. The first-order valence-corrected chi connectivity index (χ1v) is 7.12. The number of likely N-dealkylation sites (N-methyl/N-ethyl adjacent to an activating group) is 1. The Morgan fingerprint density at radius 3 is 2.95 bits per heavy atom. The highest BCUT2D eigenvalue weighted by Crippen LogP contribution is 2.35. The van der Waals surface area contributed by atoms with E-state index >= 15 is 0 Å². The number of carbonyl (C=O) groups is 1. The molecule has 0 saturated carbocycles. The number of benzene rings is 1. The van der Waals surface area contributed by atoms with Crippen molar-refractivity contribution < 1.29 is 13.9 Å². The lowest BCUT2D eigenvalue weighted by Crippen LogP contribution is -2.24. The summed E-state index contributed by atoms with van der Waals surface area (Å²) >= 11 is 3.35. The van der Waals surface area contributed by atoms with Gasteiger partial charge in [0.15, 0.2) is 0 Å². The van der Waals surface area contributed by atoms with Crippen LogP contribution in [-0.4, -0.2) is 37.6 Å². The highest BCUT2D eigenvalue weighted by Gasteiger charge is 2.39. The van der Waals surface area contributed by atoms with Gasteiger partial charge in [-0.2, -0.15) is 0 Å². The van der Waals surface area contributed by atoms with E-state index in [0.717, 1.165) is 4.47 Å². The van der Waals surface area contributed by atoms with Crippen molar-refractivity contribution in [2.45, 2.75) is 12.8 Å².